The average Bonchev–Trinajstić information content (AvgIpc) is 2.83. The number of aromatic nitrogens is 3. The van der Waals surface area contributed by atoms with Crippen LogP contribution in [0.1, 0.15) is 56.0 Å². The summed E-state index contributed by atoms with van der Waals surface area (Å²) < 4.78 is 6.65. The highest BCUT2D eigenvalue weighted by Crippen LogP contribution is 2.21. The van der Waals surface area contributed by atoms with Crippen LogP contribution in [0.5, 0.6) is 0 Å². The number of methoxy groups -OCH3 is 1. The van der Waals surface area contributed by atoms with Gasteiger partial charge >= 0.3 is 5.97 Å². The molecule has 0 aromatic carbocycles. The molecule has 0 saturated carbocycles. The third kappa shape index (κ3) is 3.45. The second-order valence-corrected chi connectivity index (χ2v) is 5.63. The Morgan fingerprint density at radius 3 is 2.68 bits per heavy atom. The smallest absolute Gasteiger partial charge is 0.308 e. The van der Waals surface area contributed by atoms with E-state index in [4.69, 9.17) is 4.74 Å². The second kappa shape index (κ2) is 7.38. The molecule has 0 aliphatic carbocycles. The molecule has 1 aromatic rings. The lowest BCUT2D eigenvalue weighted by atomic mass is 10.0. The van der Waals surface area contributed by atoms with Gasteiger partial charge in [-0.05, 0) is 25.7 Å². The first-order valence-corrected chi connectivity index (χ1v) is 7.91. The van der Waals surface area contributed by atoms with E-state index in [9.17, 15) is 9.59 Å². The van der Waals surface area contributed by atoms with E-state index in [1.807, 2.05) is 18.4 Å². The minimum absolute atomic E-state index is 0.137. The maximum atomic E-state index is 12.4. The van der Waals surface area contributed by atoms with Crippen LogP contribution in [0.3, 0.4) is 0 Å². The van der Waals surface area contributed by atoms with Gasteiger partial charge in [-0.1, -0.05) is 13.8 Å². The van der Waals surface area contributed by atoms with Crippen molar-refractivity contribution in [1.29, 1.82) is 0 Å². The van der Waals surface area contributed by atoms with Crippen LogP contribution in [-0.4, -0.2) is 39.8 Å². The third-order valence-electron chi connectivity index (χ3n) is 4.30. The normalized spacial score (nSPS) is 17.7. The average molecular weight is 308 g/mol. The van der Waals surface area contributed by atoms with Gasteiger partial charge in [0.25, 0.3) is 5.91 Å². The van der Waals surface area contributed by atoms with Crippen LogP contribution in [0.25, 0.3) is 0 Å². The molecular formula is C15H24N4O3. The van der Waals surface area contributed by atoms with Crippen molar-refractivity contribution < 1.29 is 14.3 Å². The third-order valence-corrected chi connectivity index (χ3v) is 4.30. The molecule has 1 unspecified atom stereocenters. The highest BCUT2D eigenvalue weighted by molar-refractivity contribution is 5.90. The molecule has 1 aliphatic heterocycles. The van der Waals surface area contributed by atoms with Gasteiger partial charge < -0.3 is 14.6 Å². The quantitative estimate of drug-likeness (QED) is 0.829. The molecule has 1 aliphatic rings. The van der Waals surface area contributed by atoms with Crippen LogP contribution in [-0.2, 0) is 22.5 Å². The zero-order chi connectivity index (χ0) is 16.1. The van der Waals surface area contributed by atoms with Gasteiger partial charge in [-0.15, -0.1) is 10.2 Å². The minimum Gasteiger partial charge on any atom is -0.469 e. The summed E-state index contributed by atoms with van der Waals surface area (Å²) in [5.41, 5.74) is 0. The summed E-state index contributed by atoms with van der Waals surface area (Å²) in [6.45, 7) is 4.65. The summed E-state index contributed by atoms with van der Waals surface area (Å²) in [7, 11) is 1.40. The van der Waals surface area contributed by atoms with Crippen molar-refractivity contribution in [2.24, 2.45) is 5.92 Å². The van der Waals surface area contributed by atoms with Crippen LogP contribution in [0.4, 0.5) is 0 Å². The Morgan fingerprint density at radius 1 is 1.32 bits per heavy atom. The van der Waals surface area contributed by atoms with E-state index in [-0.39, 0.29) is 23.8 Å². The van der Waals surface area contributed by atoms with E-state index < -0.39 is 0 Å². The van der Waals surface area contributed by atoms with Crippen molar-refractivity contribution in [2.45, 2.75) is 58.5 Å². The number of carbonyl (C=O) groups excluding carboxylic acids is 2. The molecule has 0 fully saturated rings. The van der Waals surface area contributed by atoms with E-state index in [1.54, 1.807) is 0 Å². The van der Waals surface area contributed by atoms with Crippen molar-refractivity contribution >= 4 is 11.9 Å². The van der Waals surface area contributed by atoms with Gasteiger partial charge in [0.2, 0.25) is 5.82 Å². The minimum atomic E-state index is -0.193. The standard InChI is InChI=1S/C15H24N4O3/c1-4-11(5-2)16-14(20)13-18-17-12-7-6-10(15(21)22-3)8-9-19(12)13/h10-11H,4-9H2,1-3H3,(H,16,20). The Morgan fingerprint density at radius 2 is 2.05 bits per heavy atom. The SMILES string of the molecule is CCC(CC)NC(=O)c1nnc2n1CCC(C(=O)OC)CC2. The summed E-state index contributed by atoms with van der Waals surface area (Å²) in [5, 5.41) is 11.1. The molecule has 1 N–H and O–H groups in total. The fourth-order valence-corrected chi connectivity index (χ4v) is 2.80. The summed E-state index contributed by atoms with van der Waals surface area (Å²) in [6, 6.07) is 0.147. The van der Waals surface area contributed by atoms with Crippen molar-refractivity contribution in [3.63, 3.8) is 0 Å². The van der Waals surface area contributed by atoms with Gasteiger partial charge in [-0.2, -0.15) is 0 Å². The number of amides is 1. The maximum Gasteiger partial charge on any atom is 0.308 e. The molecular weight excluding hydrogens is 284 g/mol. The molecule has 1 aromatic heterocycles. The fourth-order valence-electron chi connectivity index (χ4n) is 2.80. The highest BCUT2D eigenvalue weighted by atomic mass is 16.5. The molecule has 122 valence electrons. The topological polar surface area (TPSA) is 86.1 Å². The van der Waals surface area contributed by atoms with E-state index in [2.05, 4.69) is 15.5 Å². The first-order valence-electron chi connectivity index (χ1n) is 7.91. The van der Waals surface area contributed by atoms with Gasteiger partial charge in [0.05, 0.1) is 13.0 Å². The van der Waals surface area contributed by atoms with Crippen LogP contribution >= 0.6 is 0 Å². The predicted octanol–water partition coefficient (Wildman–Crippen LogP) is 1.32. The number of aryl methyl sites for hydroxylation is 1. The summed E-state index contributed by atoms with van der Waals surface area (Å²) >= 11 is 0. The van der Waals surface area contributed by atoms with Crippen LogP contribution in [0.15, 0.2) is 0 Å². The maximum absolute atomic E-state index is 12.4. The fraction of sp³-hybridized carbons (Fsp3) is 0.733. The first-order chi connectivity index (χ1) is 10.6. The number of esters is 1. The number of hydrogen-bond acceptors (Lipinski definition) is 5. The number of fused-ring (bicyclic) bond motifs is 1. The van der Waals surface area contributed by atoms with E-state index >= 15 is 0 Å². The molecule has 0 radical (unpaired) electrons. The number of rotatable bonds is 5. The van der Waals surface area contributed by atoms with Crippen LogP contribution in [0.2, 0.25) is 0 Å². The van der Waals surface area contributed by atoms with E-state index in [0.29, 0.717) is 31.6 Å². The molecule has 7 heteroatoms. The molecule has 1 amide bonds. The second-order valence-electron chi connectivity index (χ2n) is 5.63. The van der Waals surface area contributed by atoms with Crippen molar-refractivity contribution in [3.8, 4) is 0 Å². The number of nitrogens with zero attached hydrogens (tertiary/aromatic N) is 3. The molecule has 2 rings (SSSR count). The monoisotopic (exact) mass is 308 g/mol. The summed E-state index contributed by atoms with van der Waals surface area (Å²) in [5.74, 6) is 0.584. The lowest BCUT2D eigenvalue weighted by molar-refractivity contribution is -0.145. The van der Waals surface area contributed by atoms with E-state index in [0.717, 1.165) is 18.7 Å². The lowest BCUT2D eigenvalue weighted by Gasteiger charge is -2.15. The Bertz CT molecular complexity index is 537. The van der Waals surface area contributed by atoms with Crippen LogP contribution < -0.4 is 5.32 Å². The van der Waals surface area contributed by atoms with Crippen molar-refractivity contribution in [2.75, 3.05) is 7.11 Å². The Hall–Kier alpha value is -1.92. The summed E-state index contributed by atoms with van der Waals surface area (Å²) in [6.07, 6.45) is 3.72. The van der Waals surface area contributed by atoms with Gasteiger partial charge in [0, 0.05) is 19.0 Å². The molecule has 0 saturated heterocycles. The molecule has 0 bridgehead atoms. The van der Waals surface area contributed by atoms with Crippen molar-refractivity contribution in [3.05, 3.63) is 11.6 Å². The van der Waals surface area contributed by atoms with Crippen molar-refractivity contribution in [1.82, 2.24) is 20.1 Å². The lowest BCUT2D eigenvalue weighted by Crippen LogP contribution is -2.35. The Labute approximate surface area is 130 Å². The molecule has 1 atom stereocenters. The van der Waals surface area contributed by atoms with Gasteiger partial charge in [0.15, 0.2) is 0 Å². The number of carbonyl (C=O) groups is 2. The number of ether oxygens (including phenoxy) is 1. The van der Waals surface area contributed by atoms with Gasteiger partial charge in [-0.3, -0.25) is 9.59 Å². The Kier molecular flexibility index (Phi) is 5.51. The largest absolute Gasteiger partial charge is 0.469 e. The first kappa shape index (κ1) is 16.5. The highest BCUT2D eigenvalue weighted by Gasteiger charge is 2.27. The molecule has 0 spiro atoms. The van der Waals surface area contributed by atoms with Gasteiger partial charge in [-0.25, -0.2) is 0 Å². The Balaban J connectivity index is 2.11. The van der Waals surface area contributed by atoms with E-state index in [1.165, 1.54) is 7.11 Å². The zero-order valence-electron chi connectivity index (χ0n) is 13.5. The molecule has 22 heavy (non-hydrogen) atoms. The van der Waals surface area contributed by atoms with Crippen LogP contribution in [0, 0.1) is 5.92 Å². The predicted molar refractivity (Wildman–Crippen MR) is 80.3 cm³/mol. The molecule has 7 nitrogen and oxygen atoms in total. The summed E-state index contributed by atoms with van der Waals surface area (Å²) in [4.78, 5) is 24.1. The van der Waals surface area contributed by atoms with Gasteiger partial charge in [0.1, 0.15) is 5.82 Å². The number of nitrogens with one attached hydrogen (secondary N) is 1. The molecule has 2 heterocycles. The number of hydrogen-bond donors (Lipinski definition) is 1. The zero-order valence-corrected chi connectivity index (χ0v) is 13.5.